The van der Waals surface area contributed by atoms with Gasteiger partial charge in [0.05, 0.1) is 30.9 Å². The SMILES string of the molecule is CC1(CN2CCOCC2)CN(c2ccccc2)NC1=O. The van der Waals surface area contributed by atoms with Gasteiger partial charge in [-0.2, -0.15) is 0 Å². The minimum atomic E-state index is -0.368. The predicted molar refractivity (Wildman–Crippen MR) is 77.3 cm³/mol. The summed E-state index contributed by atoms with van der Waals surface area (Å²) in [5.41, 5.74) is 3.65. The molecule has 1 unspecified atom stereocenters. The van der Waals surface area contributed by atoms with E-state index in [0.717, 1.165) is 38.5 Å². The molecule has 0 spiro atoms. The quantitative estimate of drug-likeness (QED) is 0.889. The van der Waals surface area contributed by atoms with E-state index in [1.165, 1.54) is 0 Å². The number of ether oxygens (including phenoxy) is 1. The molecule has 3 rings (SSSR count). The van der Waals surface area contributed by atoms with Crippen LogP contribution in [0.15, 0.2) is 30.3 Å². The van der Waals surface area contributed by atoms with Crippen LogP contribution in [0.3, 0.4) is 0 Å². The molecule has 0 radical (unpaired) electrons. The van der Waals surface area contributed by atoms with Crippen molar-refractivity contribution in [1.29, 1.82) is 0 Å². The summed E-state index contributed by atoms with van der Waals surface area (Å²) in [6.07, 6.45) is 0. The lowest BCUT2D eigenvalue weighted by Gasteiger charge is -2.32. The normalized spacial score (nSPS) is 27.6. The first kappa shape index (κ1) is 13.4. The number of benzene rings is 1. The lowest BCUT2D eigenvalue weighted by molar-refractivity contribution is -0.127. The van der Waals surface area contributed by atoms with Gasteiger partial charge in [0.15, 0.2) is 0 Å². The summed E-state index contributed by atoms with van der Waals surface area (Å²) in [7, 11) is 0. The first-order valence-corrected chi connectivity index (χ1v) is 7.11. The second-order valence-electron chi connectivity index (χ2n) is 5.81. The van der Waals surface area contributed by atoms with Gasteiger partial charge in [-0.15, -0.1) is 0 Å². The van der Waals surface area contributed by atoms with Gasteiger partial charge in [-0.1, -0.05) is 18.2 Å². The summed E-state index contributed by atoms with van der Waals surface area (Å²) < 4.78 is 5.36. The Morgan fingerprint density at radius 2 is 1.95 bits per heavy atom. The number of nitrogens with one attached hydrogen (secondary N) is 1. The first-order valence-electron chi connectivity index (χ1n) is 7.11. The lowest BCUT2D eigenvalue weighted by Crippen LogP contribution is -2.46. The summed E-state index contributed by atoms with van der Waals surface area (Å²) >= 11 is 0. The van der Waals surface area contributed by atoms with Crippen molar-refractivity contribution in [2.45, 2.75) is 6.92 Å². The van der Waals surface area contributed by atoms with E-state index in [1.807, 2.05) is 42.3 Å². The van der Waals surface area contributed by atoms with E-state index in [2.05, 4.69) is 10.3 Å². The second kappa shape index (κ2) is 5.42. The summed E-state index contributed by atoms with van der Waals surface area (Å²) in [4.78, 5) is 14.7. The fraction of sp³-hybridized carbons (Fsp3) is 0.533. The van der Waals surface area contributed by atoms with Crippen molar-refractivity contribution in [3.63, 3.8) is 0 Å². The second-order valence-corrected chi connectivity index (χ2v) is 5.81. The molecule has 1 atom stereocenters. The number of hydrogen-bond donors (Lipinski definition) is 1. The minimum absolute atomic E-state index is 0.104. The highest BCUT2D eigenvalue weighted by Gasteiger charge is 2.43. The monoisotopic (exact) mass is 275 g/mol. The number of anilines is 1. The maximum atomic E-state index is 12.3. The molecule has 1 aromatic carbocycles. The number of hydrazine groups is 1. The molecule has 2 fully saturated rings. The number of carbonyl (C=O) groups excluding carboxylic acids is 1. The van der Waals surface area contributed by atoms with Crippen molar-refractivity contribution in [1.82, 2.24) is 10.3 Å². The molecule has 5 nitrogen and oxygen atoms in total. The smallest absolute Gasteiger partial charge is 0.247 e. The zero-order valence-corrected chi connectivity index (χ0v) is 11.8. The van der Waals surface area contributed by atoms with Crippen molar-refractivity contribution in [2.24, 2.45) is 5.41 Å². The molecule has 2 heterocycles. The van der Waals surface area contributed by atoms with Gasteiger partial charge in [0.25, 0.3) is 0 Å². The minimum Gasteiger partial charge on any atom is -0.379 e. The van der Waals surface area contributed by atoms with Crippen LogP contribution in [-0.4, -0.2) is 50.2 Å². The molecule has 2 aliphatic heterocycles. The van der Waals surface area contributed by atoms with Crippen LogP contribution in [0.4, 0.5) is 5.69 Å². The molecule has 0 aliphatic carbocycles. The number of nitrogens with zero attached hydrogens (tertiary/aromatic N) is 2. The third-order valence-electron chi connectivity index (χ3n) is 4.04. The maximum absolute atomic E-state index is 12.3. The fourth-order valence-corrected chi connectivity index (χ4v) is 2.86. The predicted octanol–water partition coefficient (Wildman–Crippen LogP) is 0.876. The Balaban J connectivity index is 1.69. The Morgan fingerprint density at radius 1 is 1.25 bits per heavy atom. The molecule has 2 aliphatic rings. The van der Waals surface area contributed by atoms with Gasteiger partial charge >= 0.3 is 0 Å². The topological polar surface area (TPSA) is 44.8 Å². The summed E-state index contributed by atoms with van der Waals surface area (Å²) in [5.74, 6) is 0.104. The zero-order valence-electron chi connectivity index (χ0n) is 11.8. The molecule has 0 aromatic heterocycles. The van der Waals surface area contributed by atoms with Crippen LogP contribution in [0.2, 0.25) is 0 Å². The number of carbonyl (C=O) groups is 1. The third-order valence-corrected chi connectivity index (χ3v) is 4.04. The summed E-state index contributed by atoms with van der Waals surface area (Å²) in [6.45, 7) is 6.88. The van der Waals surface area contributed by atoms with Crippen molar-refractivity contribution in [3.05, 3.63) is 30.3 Å². The molecule has 1 N–H and O–H groups in total. The van der Waals surface area contributed by atoms with Crippen molar-refractivity contribution >= 4 is 11.6 Å². The van der Waals surface area contributed by atoms with Crippen molar-refractivity contribution < 1.29 is 9.53 Å². The highest BCUT2D eigenvalue weighted by molar-refractivity contribution is 5.87. The molecule has 0 saturated carbocycles. The zero-order chi connectivity index (χ0) is 14.0. The van der Waals surface area contributed by atoms with Crippen molar-refractivity contribution in [2.75, 3.05) is 44.4 Å². The van der Waals surface area contributed by atoms with Gasteiger partial charge in [-0.25, -0.2) is 0 Å². The highest BCUT2D eigenvalue weighted by atomic mass is 16.5. The molecule has 1 aromatic rings. The number of rotatable bonds is 3. The summed E-state index contributed by atoms with van der Waals surface area (Å²) in [5, 5.41) is 1.95. The number of hydrogen-bond acceptors (Lipinski definition) is 4. The fourth-order valence-electron chi connectivity index (χ4n) is 2.86. The Hall–Kier alpha value is -1.59. The van der Waals surface area contributed by atoms with E-state index >= 15 is 0 Å². The van der Waals surface area contributed by atoms with E-state index in [0.29, 0.717) is 6.54 Å². The van der Waals surface area contributed by atoms with E-state index < -0.39 is 0 Å². The van der Waals surface area contributed by atoms with Gasteiger partial charge < -0.3 is 4.74 Å². The van der Waals surface area contributed by atoms with Gasteiger partial charge in [0.2, 0.25) is 5.91 Å². The molecule has 0 bridgehead atoms. The number of para-hydroxylation sites is 1. The largest absolute Gasteiger partial charge is 0.379 e. The molecule has 5 heteroatoms. The maximum Gasteiger partial charge on any atom is 0.247 e. The van der Waals surface area contributed by atoms with Crippen LogP contribution in [-0.2, 0) is 9.53 Å². The molecule has 2 saturated heterocycles. The Bertz CT molecular complexity index is 473. The van der Waals surface area contributed by atoms with E-state index in [4.69, 9.17) is 4.74 Å². The van der Waals surface area contributed by atoms with Gasteiger partial charge in [-0.05, 0) is 19.1 Å². The Kier molecular flexibility index (Phi) is 3.63. The van der Waals surface area contributed by atoms with Crippen LogP contribution in [0.5, 0.6) is 0 Å². The average molecular weight is 275 g/mol. The average Bonchev–Trinajstić information content (AvgIpc) is 2.77. The lowest BCUT2D eigenvalue weighted by atomic mass is 9.90. The standard InChI is InChI=1S/C15H21N3O2/c1-15(11-17-7-9-20-10-8-17)12-18(16-14(15)19)13-5-3-2-4-6-13/h2-6H,7-12H2,1H3,(H,16,19). The Morgan fingerprint density at radius 3 is 2.65 bits per heavy atom. The van der Waals surface area contributed by atoms with Crippen LogP contribution >= 0.6 is 0 Å². The van der Waals surface area contributed by atoms with Crippen LogP contribution in [0.1, 0.15) is 6.92 Å². The van der Waals surface area contributed by atoms with E-state index in [-0.39, 0.29) is 11.3 Å². The molecule has 1 amide bonds. The molecular weight excluding hydrogens is 254 g/mol. The first-order chi connectivity index (χ1) is 9.67. The Labute approximate surface area is 119 Å². The molecule has 108 valence electrons. The number of amides is 1. The van der Waals surface area contributed by atoms with Crippen molar-refractivity contribution in [3.8, 4) is 0 Å². The summed E-state index contributed by atoms with van der Waals surface area (Å²) in [6, 6.07) is 9.98. The van der Waals surface area contributed by atoms with E-state index in [1.54, 1.807) is 0 Å². The van der Waals surface area contributed by atoms with E-state index in [9.17, 15) is 4.79 Å². The van der Waals surface area contributed by atoms with Gasteiger partial charge in [-0.3, -0.25) is 20.1 Å². The third kappa shape index (κ3) is 2.64. The molecular formula is C15H21N3O2. The van der Waals surface area contributed by atoms with Crippen LogP contribution in [0, 0.1) is 5.41 Å². The number of morpholine rings is 1. The highest BCUT2D eigenvalue weighted by Crippen LogP contribution is 2.28. The molecule has 20 heavy (non-hydrogen) atoms. The van der Waals surface area contributed by atoms with Crippen LogP contribution in [0.25, 0.3) is 0 Å². The van der Waals surface area contributed by atoms with Gasteiger partial charge in [0.1, 0.15) is 0 Å². The van der Waals surface area contributed by atoms with Gasteiger partial charge in [0, 0.05) is 19.6 Å². The van der Waals surface area contributed by atoms with Crippen LogP contribution < -0.4 is 10.4 Å².